The van der Waals surface area contributed by atoms with Crippen molar-refractivity contribution in [3.8, 4) is 0 Å². The zero-order valence-corrected chi connectivity index (χ0v) is 10.2. The minimum atomic E-state index is -2.45. The number of carbonyl (C=O) groups excluding carboxylic acids is 1. The number of methoxy groups -OCH3 is 1. The minimum absolute atomic E-state index is 0.186. The van der Waals surface area contributed by atoms with Crippen molar-refractivity contribution in [1.29, 1.82) is 0 Å². The molecule has 0 aliphatic carbocycles. The van der Waals surface area contributed by atoms with Crippen LogP contribution in [0.4, 0.5) is 5.69 Å². The zero-order valence-electron chi connectivity index (χ0n) is 9.37. The van der Waals surface area contributed by atoms with Crippen LogP contribution >= 0.6 is 0 Å². The minimum Gasteiger partial charge on any atom is -0.755 e. The van der Waals surface area contributed by atoms with Crippen LogP contribution in [-0.4, -0.2) is 34.0 Å². The van der Waals surface area contributed by atoms with E-state index in [0.717, 1.165) is 4.31 Å². The molecule has 0 saturated heterocycles. The first-order chi connectivity index (χ1) is 7.99. The number of carbonyl (C=O) groups is 1. The average molecular weight is 258 g/mol. The molecule has 0 fully saturated rings. The van der Waals surface area contributed by atoms with E-state index in [9.17, 15) is 13.6 Å². The van der Waals surface area contributed by atoms with Gasteiger partial charge in [0.2, 0.25) is 0 Å². The Bertz CT molecular complexity index is 448. The van der Waals surface area contributed by atoms with E-state index in [1.165, 1.54) is 32.4 Å². The summed E-state index contributed by atoms with van der Waals surface area (Å²) in [7, 11) is 2.56. The van der Waals surface area contributed by atoms with Crippen LogP contribution in [0.3, 0.4) is 0 Å². The molecule has 6 nitrogen and oxygen atoms in total. The maximum atomic E-state index is 11.3. The molecular weight excluding hydrogens is 246 g/mol. The number of benzene rings is 1. The van der Waals surface area contributed by atoms with Gasteiger partial charge in [-0.15, -0.1) is 0 Å². The molecule has 0 aromatic heterocycles. The molecule has 1 atom stereocenters. The average Bonchev–Trinajstić information content (AvgIpc) is 2.35. The van der Waals surface area contributed by atoms with E-state index in [-0.39, 0.29) is 17.9 Å². The second-order valence-electron chi connectivity index (χ2n) is 3.25. The highest BCUT2D eigenvalue weighted by atomic mass is 32.2. The van der Waals surface area contributed by atoms with Gasteiger partial charge in [-0.2, -0.15) is 0 Å². The SMILES string of the molecule is COC(=O)c1cc(CO)cc(N(C)S(=O)[O-])c1. The molecule has 1 rings (SSSR count). The molecule has 0 spiro atoms. The first kappa shape index (κ1) is 13.6. The Labute approximate surface area is 101 Å². The fraction of sp³-hybridized carbons (Fsp3) is 0.300. The van der Waals surface area contributed by atoms with Gasteiger partial charge >= 0.3 is 5.97 Å². The van der Waals surface area contributed by atoms with Crippen molar-refractivity contribution in [2.24, 2.45) is 0 Å². The second kappa shape index (κ2) is 5.76. The number of hydrogen-bond acceptors (Lipinski definition) is 5. The molecule has 94 valence electrons. The molecule has 1 unspecified atom stereocenters. The Balaban J connectivity index is 3.22. The Hall–Kier alpha value is -1.44. The van der Waals surface area contributed by atoms with Crippen molar-refractivity contribution in [3.05, 3.63) is 29.3 Å². The van der Waals surface area contributed by atoms with E-state index in [1.54, 1.807) is 0 Å². The summed E-state index contributed by atoms with van der Waals surface area (Å²) in [6.45, 7) is -0.294. The number of anilines is 1. The number of aliphatic hydroxyl groups excluding tert-OH is 1. The fourth-order valence-corrected chi connectivity index (χ4v) is 1.55. The number of esters is 1. The molecule has 0 bridgehead atoms. The fourth-order valence-electron chi connectivity index (χ4n) is 1.27. The van der Waals surface area contributed by atoms with Gasteiger partial charge in [-0.1, -0.05) is 0 Å². The third-order valence-electron chi connectivity index (χ3n) is 2.17. The van der Waals surface area contributed by atoms with Crippen LogP contribution < -0.4 is 4.31 Å². The topological polar surface area (TPSA) is 89.9 Å². The molecule has 0 heterocycles. The highest BCUT2D eigenvalue weighted by Gasteiger charge is 2.11. The maximum absolute atomic E-state index is 11.3. The summed E-state index contributed by atoms with van der Waals surface area (Å²) in [5, 5.41) is 9.04. The van der Waals surface area contributed by atoms with Crippen molar-refractivity contribution in [3.63, 3.8) is 0 Å². The lowest BCUT2D eigenvalue weighted by molar-refractivity contribution is 0.0600. The Morgan fingerprint density at radius 3 is 2.65 bits per heavy atom. The molecule has 0 aliphatic rings. The van der Waals surface area contributed by atoms with E-state index < -0.39 is 17.2 Å². The van der Waals surface area contributed by atoms with Crippen molar-refractivity contribution >= 4 is 22.9 Å². The van der Waals surface area contributed by atoms with Gasteiger partial charge in [0.25, 0.3) is 0 Å². The summed E-state index contributed by atoms with van der Waals surface area (Å²) < 4.78 is 27.1. The predicted molar refractivity (Wildman–Crippen MR) is 61.0 cm³/mol. The Morgan fingerprint density at radius 2 is 2.18 bits per heavy atom. The predicted octanol–water partition coefficient (Wildman–Crippen LogP) is 0.196. The van der Waals surface area contributed by atoms with Crippen molar-refractivity contribution in [1.82, 2.24) is 0 Å². The van der Waals surface area contributed by atoms with Gasteiger partial charge in [0.15, 0.2) is 0 Å². The number of rotatable bonds is 4. The number of nitrogens with zero attached hydrogens (tertiary/aromatic N) is 1. The van der Waals surface area contributed by atoms with Crippen LogP contribution in [0.2, 0.25) is 0 Å². The van der Waals surface area contributed by atoms with E-state index in [2.05, 4.69) is 4.74 Å². The quantitative estimate of drug-likeness (QED) is 0.615. The Kier molecular flexibility index (Phi) is 4.62. The van der Waals surface area contributed by atoms with Crippen molar-refractivity contribution in [2.45, 2.75) is 6.61 Å². The molecule has 0 radical (unpaired) electrons. The molecule has 1 aromatic carbocycles. The van der Waals surface area contributed by atoms with Gasteiger partial charge < -0.3 is 18.7 Å². The third kappa shape index (κ3) is 3.26. The standard InChI is InChI=1S/C10H13NO5S/c1-11(17(14)15)9-4-7(6-12)3-8(5-9)10(13)16-2/h3-5,12H,6H2,1-2H3,(H,14,15)/p-1. The molecule has 0 aliphatic heterocycles. The first-order valence-electron chi connectivity index (χ1n) is 4.66. The second-order valence-corrected chi connectivity index (χ2v) is 4.23. The molecule has 17 heavy (non-hydrogen) atoms. The number of ether oxygens (including phenoxy) is 1. The zero-order chi connectivity index (χ0) is 13.0. The number of hydrogen-bond donors (Lipinski definition) is 1. The van der Waals surface area contributed by atoms with Gasteiger partial charge in [0.05, 0.1) is 19.3 Å². The normalized spacial score (nSPS) is 12.0. The smallest absolute Gasteiger partial charge is 0.337 e. The molecular formula is C10H12NO5S-. The molecule has 0 saturated carbocycles. The lowest BCUT2D eigenvalue weighted by atomic mass is 10.1. The molecule has 7 heteroatoms. The first-order valence-corrected chi connectivity index (χ1v) is 5.69. The Morgan fingerprint density at radius 1 is 1.53 bits per heavy atom. The molecule has 1 N–H and O–H groups in total. The summed E-state index contributed by atoms with van der Waals surface area (Å²) >= 11 is -2.45. The van der Waals surface area contributed by atoms with E-state index in [0.29, 0.717) is 5.56 Å². The highest BCUT2D eigenvalue weighted by molar-refractivity contribution is 7.80. The molecule has 1 aromatic rings. The summed E-state index contributed by atoms with van der Waals surface area (Å²) in [5.74, 6) is -0.591. The van der Waals surface area contributed by atoms with E-state index in [1.807, 2.05) is 0 Å². The van der Waals surface area contributed by atoms with Crippen LogP contribution in [0.1, 0.15) is 15.9 Å². The third-order valence-corrected chi connectivity index (χ3v) is 2.83. The maximum Gasteiger partial charge on any atom is 0.337 e. The largest absolute Gasteiger partial charge is 0.755 e. The monoisotopic (exact) mass is 258 g/mol. The molecule has 0 amide bonds. The van der Waals surface area contributed by atoms with Gasteiger partial charge in [-0.05, 0) is 23.8 Å². The van der Waals surface area contributed by atoms with Crippen LogP contribution in [0.15, 0.2) is 18.2 Å². The summed E-state index contributed by atoms with van der Waals surface area (Å²) in [5.41, 5.74) is 0.900. The van der Waals surface area contributed by atoms with Crippen molar-refractivity contribution < 1.29 is 23.4 Å². The van der Waals surface area contributed by atoms with Crippen LogP contribution in [0.5, 0.6) is 0 Å². The highest BCUT2D eigenvalue weighted by Crippen LogP contribution is 2.20. The van der Waals surface area contributed by atoms with E-state index in [4.69, 9.17) is 5.11 Å². The van der Waals surface area contributed by atoms with Gasteiger partial charge in [-0.3, -0.25) is 4.21 Å². The number of aliphatic hydroxyl groups is 1. The van der Waals surface area contributed by atoms with E-state index >= 15 is 0 Å². The summed E-state index contributed by atoms with van der Waals surface area (Å²) in [6, 6.07) is 4.29. The summed E-state index contributed by atoms with van der Waals surface area (Å²) in [4.78, 5) is 11.3. The van der Waals surface area contributed by atoms with Crippen molar-refractivity contribution in [2.75, 3.05) is 18.5 Å². The van der Waals surface area contributed by atoms with Crippen LogP contribution in [-0.2, 0) is 22.6 Å². The van der Waals surface area contributed by atoms with Gasteiger partial charge in [0.1, 0.15) is 0 Å². The van der Waals surface area contributed by atoms with Gasteiger partial charge in [0, 0.05) is 24.0 Å². The van der Waals surface area contributed by atoms with Gasteiger partial charge in [-0.25, -0.2) is 4.79 Å². The van der Waals surface area contributed by atoms with Crippen LogP contribution in [0, 0.1) is 0 Å². The summed E-state index contributed by atoms with van der Waals surface area (Å²) in [6.07, 6.45) is 0. The lowest BCUT2D eigenvalue weighted by Crippen LogP contribution is -2.20. The van der Waals surface area contributed by atoms with Crippen LogP contribution in [0.25, 0.3) is 0 Å². The lowest BCUT2D eigenvalue weighted by Gasteiger charge is -2.22.